The quantitative estimate of drug-likeness (QED) is 0.700. The second-order valence-electron chi connectivity index (χ2n) is 6.43. The number of benzene rings is 1. The van der Waals surface area contributed by atoms with Crippen LogP contribution in [-0.4, -0.2) is 35.4 Å². The summed E-state index contributed by atoms with van der Waals surface area (Å²) in [6, 6.07) is 7.65. The summed E-state index contributed by atoms with van der Waals surface area (Å²) in [6.07, 6.45) is 5.89. The van der Waals surface area contributed by atoms with E-state index in [2.05, 4.69) is 27.4 Å². The van der Waals surface area contributed by atoms with E-state index in [1.165, 1.54) is 6.33 Å². The second kappa shape index (κ2) is 7.07. The van der Waals surface area contributed by atoms with Crippen LogP contribution in [0.2, 0.25) is 0 Å². The summed E-state index contributed by atoms with van der Waals surface area (Å²) in [5.41, 5.74) is 1.78. The van der Waals surface area contributed by atoms with Crippen molar-refractivity contribution in [3.63, 3.8) is 0 Å². The molecule has 1 unspecified atom stereocenters. The van der Waals surface area contributed by atoms with Crippen LogP contribution in [0.4, 0.5) is 0 Å². The minimum atomic E-state index is -0.0671. The van der Waals surface area contributed by atoms with E-state index in [1.54, 1.807) is 11.0 Å². The number of carbonyl (C=O) groups is 1. The maximum Gasteiger partial charge on any atom is 0.252 e. The molecule has 4 rings (SSSR count). The SMILES string of the molecule is CCCCn1nc(Cn2cncn2)nc1CC1NC(=O)c2ccccc21. The first-order valence-electron chi connectivity index (χ1n) is 8.89. The second-order valence-corrected chi connectivity index (χ2v) is 6.43. The molecule has 0 aliphatic carbocycles. The van der Waals surface area contributed by atoms with Crippen molar-refractivity contribution in [2.45, 2.75) is 45.3 Å². The van der Waals surface area contributed by atoms with Crippen molar-refractivity contribution in [2.75, 3.05) is 0 Å². The first-order chi connectivity index (χ1) is 12.7. The highest BCUT2D eigenvalue weighted by Crippen LogP contribution is 2.27. The Bertz CT molecular complexity index is 900. The minimum absolute atomic E-state index is 0.0203. The third kappa shape index (κ3) is 3.22. The maximum atomic E-state index is 12.2. The molecule has 0 fully saturated rings. The lowest BCUT2D eigenvalue weighted by Gasteiger charge is -2.12. The number of aryl methyl sites for hydroxylation is 1. The predicted molar refractivity (Wildman–Crippen MR) is 94.4 cm³/mol. The van der Waals surface area contributed by atoms with Crippen molar-refractivity contribution in [1.29, 1.82) is 0 Å². The van der Waals surface area contributed by atoms with E-state index in [1.807, 2.05) is 28.9 Å². The molecular formula is C18H21N7O. The Hall–Kier alpha value is -3.03. The Kier molecular flexibility index (Phi) is 4.47. The first-order valence-corrected chi connectivity index (χ1v) is 8.89. The van der Waals surface area contributed by atoms with Crippen molar-refractivity contribution in [1.82, 2.24) is 34.8 Å². The summed E-state index contributed by atoms with van der Waals surface area (Å²) in [5, 5.41) is 11.8. The lowest BCUT2D eigenvalue weighted by atomic mass is 10.0. The highest BCUT2D eigenvalue weighted by molar-refractivity contribution is 5.99. The molecule has 1 aromatic carbocycles. The zero-order valence-corrected chi connectivity index (χ0v) is 14.7. The van der Waals surface area contributed by atoms with Crippen LogP contribution in [0.15, 0.2) is 36.9 Å². The normalized spacial score (nSPS) is 15.9. The molecule has 0 bridgehead atoms. The highest BCUT2D eigenvalue weighted by atomic mass is 16.2. The van der Waals surface area contributed by atoms with Gasteiger partial charge in [0.2, 0.25) is 0 Å². The third-order valence-corrected chi connectivity index (χ3v) is 4.56. The molecule has 8 heteroatoms. The number of hydrogen-bond acceptors (Lipinski definition) is 5. The molecule has 1 aliphatic rings. The van der Waals surface area contributed by atoms with Gasteiger partial charge in [0.05, 0.1) is 6.04 Å². The molecule has 3 aromatic rings. The average molecular weight is 351 g/mol. The van der Waals surface area contributed by atoms with Crippen LogP contribution in [0, 0.1) is 0 Å². The predicted octanol–water partition coefficient (Wildman–Crippen LogP) is 1.75. The van der Waals surface area contributed by atoms with E-state index in [9.17, 15) is 4.79 Å². The number of nitrogens with zero attached hydrogens (tertiary/aromatic N) is 6. The van der Waals surface area contributed by atoms with Crippen LogP contribution >= 0.6 is 0 Å². The number of hydrogen-bond donors (Lipinski definition) is 1. The van der Waals surface area contributed by atoms with Crippen LogP contribution < -0.4 is 5.32 Å². The van der Waals surface area contributed by atoms with Gasteiger partial charge in [-0.3, -0.25) is 4.79 Å². The molecule has 26 heavy (non-hydrogen) atoms. The number of rotatable bonds is 7. The Morgan fingerprint density at radius 2 is 2.15 bits per heavy atom. The van der Waals surface area contributed by atoms with E-state index in [-0.39, 0.29) is 11.9 Å². The summed E-state index contributed by atoms with van der Waals surface area (Å²) in [4.78, 5) is 20.8. The molecule has 134 valence electrons. The van der Waals surface area contributed by atoms with Crippen molar-refractivity contribution in [2.24, 2.45) is 0 Å². The molecule has 0 radical (unpaired) electrons. The van der Waals surface area contributed by atoms with Crippen LogP contribution in [-0.2, 0) is 19.5 Å². The van der Waals surface area contributed by atoms with Crippen LogP contribution in [0.5, 0.6) is 0 Å². The largest absolute Gasteiger partial charge is 0.345 e. The Balaban J connectivity index is 1.58. The van der Waals surface area contributed by atoms with E-state index in [0.29, 0.717) is 18.8 Å². The van der Waals surface area contributed by atoms with Gasteiger partial charge in [-0.15, -0.1) is 0 Å². The van der Waals surface area contributed by atoms with E-state index in [4.69, 9.17) is 4.98 Å². The summed E-state index contributed by atoms with van der Waals surface area (Å²) in [6.45, 7) is 3.46. The van der Waals surface area contributed by atoms with Gasteiger partial charge in [-0.1, -0.05) is 31.5 Å². The molecule has 8 nitrogen and oxygen atoms in total. The standard InChI is InChI=1S/C18H21N7O/c1-2-3-8-25-17(22-16(23-25)10-24-12-19-11-20-24)9-15-13-6-4-5-7-14(13)18(26)21-15/h4-7,11-12,15H,2-3,8-10H2,1H3,(H,21,26). The first kappa shape index (κ1) is 16.4. The molecule has 1 aliphatic heterocycles. The number of carbonyl (C=O) groups excluding carboxylic acids is 1. The fourth-order valence-corrected chi connectivity index (χ4v) is 3.26. The molecule has 3 heterocycles. The fourth-order valence-electron chi connectivity index (χ4n) is 3.26. The van der Waals surface area contributed by atoms with Crippen LogP contribution in [0.1, 0.15) is 53.4 Å². The zero-order chi connectivity index (χ0) is 17.9. The lowest BCUT2D eigenvalue weighted by Crippen LogP contribution is -2.22. The average Bonchev–Trinajstić information content (AvgIpc) is 3.36. The van der Waals surface area contributed by atoms with Crippen molar-refractivity contribution in [3.8, 4) is 0 Å². The summed E-state index contributed by atoms with van der Waals surface area (Å²) >= 11 is 0. The lowest BCUT2D eigenvalue weighted by molar-refractivity contribution is 0.0956. The van der Waals surface area contributed by atoms with Crippen molar-refractivity contribution in [3.05, 3.63) is 59.7 Å². The number of amides is 1. The van der Waals surface area contributed by atoms with E-state index < -0.39 is 0 Å². The van der Waals surface area contributed by atoms with E-state index >= 15 is 0 Å². The third-order valence-electron chi connectivity index (χ3n) is 4.56. The maximum absolute atomic E-state index is 12.2. The van der Waals surface area contributed by atoms with E-state index in [0.717, 1.165) is 36.3 Å². The van der Waals surface area contributed by atoms with Gasteiger partial charge in [0.1, 0.15) is 25.0 Å². The molecule has 0 saturated carbocycles. The highest BCUT2D eigenvalue weighted by Gasteiger charge is 2.29. The number of unbranched alkanes of at least 4 members (excludes halogenated alkanes) is 1. The van der Waals surface area contributed by atoms with Gasteiger partial charge < -0.3 is 5.32 Å². The van der Waals surface area contributed by atoms with Gasteiger partial charge in [-0.2, -0.15) is 10.2 Å². The summed E-state index contributed by atoms with van der Waals surface area (Å²) in [5.74, 6) is 1.57. The van der Waals surface area contributed by atoms with Gasteiger partial charge in [0.25, 0.3) is 5.91 Å². The Morgan fingerprint density at radius 3 is 2.96 bits per heavy atom. The molecule has 1 atom stereocenters. The van der Waals surface area contributed by atoms with Gasteiger partial charge in [-0.05, 0) is 18.1 Å². The number of fused-ring (bicyclic) bond motifs is 1. The number of aromatic nitrogens is 6. The summed E-state index contributed by atoms with van der Waals surface area (Å²) < 4.78 is 3.67. The molecule has 0 spiro atoms. The molecule has 1 N–H and O–H groups in total. The minimum Gasteiger partial charge on any atom is -0.345 e. The van der Waals surface area contributed by atoms with Crippen LogP contribution in [0.3, 0.4) is 0 Å². The molecule has 2 aromatic heterocycles. The zero-order valence-electron chi connectivity index (χ0n) is 14.7. The van der Waals surface area contributed by atoms with Crippen molar-refractivity contribution < 1.29 is 4.79 Å². The number of nitrogens with one attached hydrogen (secondary N) is 1. The smallest absolute Gasteiger partial charge is 0.252 e. The van der Waals surface area contributed by atoms with Gasteiger partial charge in [-0.25, -0.2) is 19.3 Å². The van der Waals surface area contributed by atoms with Crippen molar-refractivity contribution >= 4 is 5.91 Å². The van der Waals surface area contributed by atoms with Gasteiger partial charge in [0.15, 0.2) is 5.82 Å². The van der Waals surface area contributed by atoms with Crippen LogP contribution in [0.25, 0.3) is 0 Å². The molecule has 0 saturated heterocycles. The Labute approximate surface area is 151 Å². The fraction of sp³-hybridized carbons (Fsp3) is 0.389. The topological polar surface area (TPSA) is 90.5 Å². The molecule has 1 amide bonds. The molecular weight excluding hydrogens is 330 g/mol. The Morgan fingerprint density at radius 1 is 1.27 bits per heavy atom. The van der Waals surface area contributed by atoms with Gasteiger partial charge >= 0.3 is 0 Å². The summed E-state index contributed by atoms with van der Waals surface area (Å²) in [7, 11) is 0. The van der Waals surface area contributed by atoms with Gasteiger partial charge in [0, 0.05) is 18.5 Å². The monoisotopic (exact) mass is 351 g/mol.